The Hall–Kier alpha value is -1.93. The Bertz CT molecular complexity index is 601. The van der Waals surface area contributed by atoms with E-state index in [1.165, 1.54) is 0 Å². The predicted octanol–water partition coefficient (Wildman–Crippen LogP) is 2.56. The maximum absolute atomic E-state index is 8.61. The summed E-state index contributed by atoms with van der Waals surface area (Å²) in [7, 11) is 0. The molecule has 2 aromatic rings. The molecule has 5 heteroatoms. The second kappa shape index (κ2) is 4.93. The average molecular weight is 244 g/mol. The van der Waals surface area contributed by atoms with E-state index >= 15 is 0 Å². The van der Waals surface area contributed by atoms with Crippen LogP contribution in [-0.4, -0.2) is 14.8 Å². The number of nitriles is 1. The zero-order chi connectivity index (χ0) is 12.3. The van der Waals surface area contributed by atoms with Crippen LogP contribution in [0.25, 0.3) is 5.69 Å². The molecule has 0 spiro atoms. The number of hydrogen-bond acceptors (Lipinski definition) is 3. The van der Waals surface area contributed by atoms with Crippen LogP contribution in [0.15, 0.2) is 24.3 Å². The molecule has 0 saturated heterocycles. The van der Waals surface area contributed by atoms with Crippen LogP contribution in [-0.2, 0) is 12.8 Å². The molecule has 1 aromatic heterocycles. The third kappa shape index (κ3) is 2.27. The topological polar surface area (TPSA) is 57.4 Å². The van der Waals surface area contributed by atoms with Crippen LogP contribution in [0, 0.1) is 16.1 Å². The molecule has 1 N–H and O–H groups in total. The molecule has 0 radical (unpaired) electrons. The fourth-order valence-electron chi connectivity index (χ4n) is 1.69. The van der Waals surface area contributed by atoms with Crippen molar-refractivity contribution >= 4 is 12.2 Å². The van der Waals surface area contributed by atoms with E-state index in [1.54, 1.807) is 0 Å². The molecular formula is C12H12N4S. The number of aromatic amines is 1. The van der Waals surface area contributed by atoms with Gasteiger partial charge in [-0.2, -0.15) is 10.4 Å². The quantitative estimate of drug-likeness (QED) is 0.844. The third-order valence-electron chi connectivity index (χ3n) is 2.54. The van der Waals surface area contributed by atoms with Crippen molar-refractivity contribution in [1.82, 2.24) is 14.8 Å². The highest BCUT2D eigenvalue weighted by molar-refractivity contribution is 7.71. The molecule has 0 bridgehead atoms. The highest BCUT2D eigenvalue weighted by Crippen LogP contribution is 2.13. The maximum atomic E-state index is 8.61. The standard InChI is InChI=1S/C12H12N4S/c1-2-11-14-15-12(17)16(11)10-5-3-9(4-6-10)7-8-13/h3-6H,2,7H2,1H3,(H,15,17). The Kier molecular flexibility index (Phi) is 3.35. The summed E-state index contributed by atoms with van der Waals surface area (Å²) in [6.45, 7) is 2.03. The van der Waals surface area contributed by atoms with Gasteiger partial charge in [0.15, 0.2) is 4.77 Å². The summed E-state index contributed by atoms with van der Waals surface area (Å²) in [5, 5.41) is 15.6. The molecular weight excluding hydrogens is 232 g/mol. The average Bonchev–Trinajstić information content (AvgIpc) is 2.72. The van der Waals surface area contributed by atoms with Crippen molar-refractivity contribution in [1.29, 1.82) is 5.26 Å². The first-order valence-electron chi connectivity index (χ1n) is 5.38. The van der Waals surface area contributed by atoms with Crippen LogP contribution < -0.4 is 0 Å². The number of rotatable bonds is 3. The zero-order valence-corrected chi connectivity index (χ0v) is 10.3. The number of H-pyrrole nitrogens is 1. The first kappa shape index (κ1) is 11.6. The van der Waals surface area contributed by atoms with Crippen molar-refractivity contribution < 1.29 is 0 Å². The second-order valence-electron chi connectivity index (χ2n) is 3.64. The zero-order valence-electron chi connectivity index (χ0n) is 9.47. The van der Waals surface area contributed by atoms with Crippen molar-refractivity contribution in [2.24, 2.45) is 0 Å². The molecule has 0 atom stereocenters. The fraction of sp³-hybridized carbons (Fsp3) is 0.250. The van der Waals surface area contributed by atoms with Gasteiger partial charge in [-0.3, -0.25) is 9.67 Å². The summed E-state index contributed by atoms with van der Waals surface area (Å²) in [6.07, 6.45) is 1.24. The van der Waals surface area contributed by atoms with Crippen LogP contribution >= 0.6 is 12.2 Å². The minimum Gasteiger partial charge on any atom is -0.272 e. The van der Waals surface area contributed by atoms with Crippen LogP contribution in [0.4, 0.5) is 0 Å². The van der Waals surface area contributed by atoms with E-state index in [0.717, 1.165) is 23.5 Å². The van der Waals surface area contributed by atoms with Gasteiger partial charge in [0.25, 0.3) is 0 Å². The van der Waals surface area contributed by atoms with Gasteiger partial charge >= 0.3 is 0 Å². The summed E-state index contributed by atoms with van der Waals surface area (Å²) in [5.41, 5.74) is 1.98. The van der Waals surface area contributed by atoms with E-state index < -0.39 is 0 Å². The van der Waals surface area contributed by atoms with E-state index in [9.17, 15) is 0 Å². The number of hydrogen-bond donors (Lipinski definition) is 1. The lowest BCUT2D eigenvalue weighted by Crippen LogP contribution is -2.00. The highest BCUT2D eigenvalue weighted by atomic mass is 32.1. The summed E-state index contributed by atoms with van der Waals surface area (Å²) in [6, 6.07) is 9.91. The molecule has 17 heavy (non-hydrogen) atoms. The van der Waals surface area contributed by atoms with Gasteiger partial charge in [-0.15, -0.1) is 0 Å². The van der Waals surface area contributed by atoms with Crippen molar-refractivity contribution in [3.63, 3.8) is 0 Å². The van der Waals surface area contributed by atoms with Gasteiger partial charge in [-0.25, -0.2) is 0 Å². The molecule has 1 heterocycles. The lowest BCUT2D eigenvalue weighted by Gasteiger charge is -2.05. The molecule has 0 aliphatic heterocycles. The Morgan fingerprint density at radius 3 is 2.71 bits per heavy atom. The summed E-state index contributed by atoms with van der Waals surface area (Å²) in [4.78, 5) is 0. The molecule has 1 aromatic carbocycles. The monoisotopic (exact) mass is 244 g/mol. The first-order chi connectivity index (χ1) is 8.26. The van der Waals surface area contributed by atoms with Gasteiger partial charge in [0, 0.05) is 12.1 Å². The smallest absolute Gasteiger partial charge is 0.199 e. The Morgan fingerprint density at radius 2 is 2.12 bits per heavy atom. The Morgan fingerprint density at radius 1 is 1.41 bits per heavy atom. The fourth-order valence-corrected chi connectivity index (χ4v) is 1.94. The molecule has 0 amide bonds. The number of benzene rings is 1. The van der Waals surface area contributed by atoms with Crippen LogP contribution in [0.5, 0.6) is 0 Å². The number of aryl methyl sites for hydroxylation is 1. The summed E-state index contributed by atoms with van der Waals surface area (Å²) >= 11 is 5.20. The number of aromatic nitrogens is 3. The van der Waals surface area contributed by atoms with Crippen LogP contribution in [0.1, 0.15) is 18.3 Å². The van der Waals surface area contributed by atoms with E-state index in [4.69, 9.17) is 17.5 Å². The number of nitrogens with zero attached hydrogens (tertiary/aromatic N) is 3. The van der Waals surface area contributed by atoms with Gasteiger partial charge in [-0.1, -0.05) is 19.1 Å². The lowest BCUT2D eigenvalue weighted by molar-refractivity contribution is 0.879. The van der Waals surface area contributed by atoms with Crippen molar-refractivity contribution in [2.75, 3.05) is 0 Å². The van der Waals surface area contributed by atoms with E-state index in [2.05, 4.69) is 16.3 Å². The molecule has 0 aliphatic rings. The van der Waals surface area contributed by atoms with E-state index in [0.29, 0.717) is 11.2 Å². The van der Waals surface area contributed by atoms with Crippen molar-refractivity contribution in [3.05, 3.63) is 40.4 Å². The van der Waals surface area contributed by atoms with Crippen LogP contribution in [0.3, 0.4) is 0 Å². The third-order valence-corrected chi connectivity index (χ3v) is 2.81. The molecule has 0 saturated carbocycles. The Balaban J connectivity index is 2.43. The van der Waals surface area contributed by atoms with E-state index in [1.807, 2.05) is 35.8 Å². The highest BCUT2D eigenvalue weighted by Gasteiger charge is 2.05. The van der Waals surface area contributed by atoms with Gasteiger partial charge < -0.3 is 0 Å². The largest absolute Gasteiger partial charge is 0.272 e. The predicted molar refractivity (Wildman–Crippen MR) is 67.4 cm³/mol. The minimum atomic E-state index is 0.428. The van der Waals surface area contributed by atoms with Crippen molar-refractivity contribution in [2.45, 2.75) is 19.8 Å². The molecule has 4 nitrogen and oxygen atoms in total. The second-order valence-corrected chi connectivity index (χ2v) is 4.02. The maximum Gasteiger partial charge on any atom is 0.199 e. The van der Waals surface area contributed by atoms with Crippen molar-refractivity contribution in [3.8, 4) is 11.8 Å². The molecule has 2 rings (SSSR count). The SMILES string of the molecule is CCc1n[nH]c(=S)n1-c1ccc(CC#N)cc1. The summed E-state index contributed by atoms with van der Waals surface area (Å²) < 4.78 is 2.50. The van der Waals surface area contributed by atoms with E-state index in [-0.39, 0.29) is 0 Å². The normalized spacial score (nSPS) is 10.1. The molecule has 86 valence electrons. The lowest BCUT2D eigenvalue weighted by atomic mass is 10.1. The molecule has 0 unspecified atom stereocenters. The molecule has 0 aliphatic carbocycles. The minimum absolute atomic E-state index is 0.428. The van der Waals surface area contributed by atoms with Crippen LogP contribution in [0.2, 0.25) is 0 Å². The molecule has 0 fully saturated rings. The summed E-state index contributed by atoms with van der Waals surface area (Å²) in [5.74, 6) is 0.906. The number of nitrogens with one attached hydrogen (secondary N) is 1. The van der Waals surface area contributed by atoms with Gasteiger partial charge in [-0.05, 0) is 29.9 Å². The van der Waals surface area contributed by atoms with Gasteiger partial charge in [0.1, 0.15) is 5.82 Å². The van der Waals surface area contributed by atoms with Gasteiger partial charge in [0.2, 0.25) is 0 Å². The van der Waals surface area contributed by atoms with Gasteiger partial charge in [0.05, 0.1) is 12.5 Å². The Labute approximate surface area is 105 Å². The first-order valence-corrected chi connectivity index (χ1v) is 5.79.